The fourth-order valence-electron chi connectivity index (χ4n) is 1.42. The van der Waals surface area contributed by atoms with Gasteiger partial charge in [0.2, 0.25) is 0 Å². The van der Waals surface area contributed by atoms with Crippen molar-refractivity contribution < 1.29 is 0 Å². The van der Waals surface area contributed by atoms with Crippen molar-refractivity contribution >= 4 is 30.2 Å². The molecule has 0 nitrogen and oxygen atoms in total. The monoisotopic (exact) mass is 222 g/mol. The molecule has 0 saturated carbocycles. The molecule has 12 heavy (non-hydrogen) atoms. The highest BCUT2D eigenvalue weighted by atomic mass is 33.1. The topological polar surface area (TPSA) is 0 Å². The predicted octanol–water partition coefficient (Wildman–Crippen LogP) is 4.01. The molecule has 1 aliphatic rings. The Hall–Kier alpha value is 1.13. The number of rotatable bonds is 6. The fraction of sp³-hybridized carbons (Fsp3) is 1.00. The van der Waals surface area contributed by atoms with Crippen molar-refractivity contribution in [2.45, 2.75) is 37.4 Å². The Labute approximate surface area is 86.2 Å². The van der Waals surface area contributed by atoms with Crippen molar-refractivity contribution in [3.8, 4) is 0 Å². The van der Waals surface area contributed by atoms with Gasteiger partial charge in [-0.15, -0.1) is 8.58 Å². The maximum Gasteiger partial charge on any atom is 0.0159 e. The first kappa shape index (κ1) is 11.2. The van der Waals surface area contributed by atoms with E-state index in [0.29, 0.717) is 0 Å². The maximum atomic E-state index is 2.31. The second-order valence-electron chi connectivity index (χ2n) is 3.28. The number of hydrogen-bond donors (Lipinski definition) is 0. The molecule has 1 heterocycles. The van der Waals surface area contributed by atoms with E-state index >= 15 is 0 Å². The molecule has 0 amide bonds. The third-order valence-corrected chi connectivity index (χ3v) is 6.04. The zero-order chi connectivity index (χ0) is 8.65. The standard InChI is InChI=1S/C9H19PS2/c1-10-7-4-2-3-5-9-6-8-11-12-9/h9-10H,2-8H2,1H3. The largest absolute Gasteiger partial charge is 0.125 e. The average molecular weight is 222 g/mol. The zero-order valence-corrected chi connectivity index (χ0v) is 10.5. The van der Waals surface area contributed by atoms with Gasteiger partial charge < -0.3 is 0 Å². The van der Waals surface area contributed by atoms with Gasteiger partial charge in [-0.2, -0.15) is 0 Å². The maximum absolute atomic E-state index is 2.31. The lowest BCUT2D eigenvalue weighted by Crippen LogP contribution is -1.96. The molecule has 0 aliphatic carbocycles. The fourth-order valence-corrected chi connectivity index (χ4v) is 5.05. The summed E-state index contributed by atoms with van der Waals surface area (Å²) in [6.45, 7) is 2.31. The molecule has 0 spiro atoms. The van der Waals surface area contributed by atoms with E-state index in [9.17, 15) is 0 Å². The summed E-state index contributed by atoms with van der Waals surface area (Å²) in [5.74, 6) is 1.39. The van der Waals surface area contributed by atoms with Gasteiger partial charge in [-0.05, 0) is 32.1 Å². The van der Waals surface area contributed by atoms with Crippen LogP contribution in [0.4, 0.5) is 0 Å². The smallest absolute Gasteiger partial charge is 0.0159 e. The highest BCUT2D eigenvalue weighted by Gasteiger charge is 2.15. The van der Waals surface area contributed by atoms with Gasteiger partial charge in [-0.3, -0.25) is 0 Å². The SMILES string of the molecule is CPCCCCCC1CCSS1. The minimum atomic E-state index is 0.999. The second-order valence-corrected chi connectivity index (χ2v) is 7.28. The minimum Gasteiger partial charge on any atom is -0.125 e. The molecule has 0 N–H and O–H groups in total. The molecule has 1 fully saturated rings. The molecule has 2 unspecified atom stereocenters. The molecule has 0 aromatic rings. The summed E-state index contributed by atoms with van der Waals surface area (Å²) in [5, 5.41) is 0.999. The Balaban J connectivity index is 1.81. The van der Waals surface area contributed by atoms with E-state index in [2.05, 4.69) is 28.3 Å². The van der Waals surface area contributed by atoms with Crippen LogP contribution in [-0.2, 0) is 0 Å². The highest BCUT2D eigenvalue weighted by molar-refractivity contribution is 8.77. The third-order valence-electron chi connectivity index (χ3n) is 2.18. The first-order valence-corrected chi connectivity index (χ1v) is 8.95. The Morgan fingerprint density at radius 1 is 1.33 bits per heavy atom. The van der Waals surface area contributed by atoms with Gasteiger partial charge in [-0.25, -0.2) is 0 Å². The van der Waals surface area contributed by atoms with Gasteiger partial charge >= 0.3 is 0 Å². The van der Waals surface area contributed by atoms with E-state index in [1.54, 1.807) is 0 Å². The van der Waals surface area contributed by atoms with Crippen LogP contribution in [0, 0.1) is 0 Å². The van der Waals surface area contributed by atoms with Crippen molar-refractivity contribution in [3.05, 3.63) is 0 Å². The van der Waals surface area contributed by atoms with E-state index in [4.69, 9.17) is 0 Å². The Morgan fingerprint density at radius 3 is 2.92 bits per heavy atom. The lowest BCUT2D eigenvalue weighted by molar-refractivity contribution is 0.644. The minimum absolute atomic E-state index is 0.999. The van der Waals surface area contributed by atoms with Crippen molar-refractivity contribution in [1.82, 2.24) is 0 Å². The summed E-state index contributed by atoms with van der Waals surface area (Å²) in [5.41, 5.74) is 0. The van der Waals surface area contributed by atoms with Crippen LogP contribution >= 0.6 is 30.2 Å². The molecule has 72 valence electrons. The molecule has 1 saturated heterocycles. The van der Waals surface area contributed by atoms with Gasteiger partial charge in [0.25, 0.3) is 0 Å². The van der Waals surface area contributed by atoms with Gasteiger partial charge in [0.1, 0.15) is 0 Å². The lowest BCUT2D eigenvalue weighted by Gasteiger charge is -2.05. The zero-order valence-electron chi connectivity index (χ0n) is 7.84. The van der Waals surface area contributed by atoms with Crippen LogP contribution in [-0.4, -0.2) is 23.8 Å². The van der Waals surface area contributed by atoms with Crippen LogP contribution < -0.4 is 0 Å². The van der Waals surface area contributed by atoms with Crippen molar-refractivity contribution in [2.24, 2.45) is 0 Å². The first-order chi connectivity index (χ1) is 5.93. The molecule has 0 radical (unpaired) electrons. The third kappa shape index (κ3) is 4.99. The molecule has 1 aliphatic heterocycles. The van der Waals surface area contributed by atoms with E-state index in [0.717, 1.165) is 5.25 Å². The van der Waals surface area contributed by atoms with Crippen LogP contribution in [0.5, 0.6) is 0 Å². The molecule has 2 atom stereocenters. The second kappa shape index (κ2) is 7.53. The van der Waals surface area contributed by atoms with Crippen LogP contribution in [0.15, 0.2) is 0 Å². The van der Waals surface area contributed by atoms with Gasteiger partial charge in [0, 0.05) is 11.0 Å². The summed E-state index contributed by atoms with van der Waals surface area (Å²) in [6.07, 6.45) is 8.83. The van der Waals surface area contributed by atoms with E-state index in [-0.39, 0.29) is 0 Å². The van der Waals surface area contributed by atoms with E-state index in [1.165, 1.54) is 52.6 Å². The van der Waals surface area contributed by atoms with Crippen molar-refractivity contribution in [3.63, 3.8) is 0 Å². The first-order valence-electron chi connectivity index (χ1n) is 4.86. The molecule has 0 aromatic heterocycles. The van der Waals surface area contributed by atoms with Crippen molar-refractivity contribution in [1.29, 1.82) is 0 Å². The van der Waals surface area contributed by atoms with Gasteiger partial charge in [0.05, 0.1) is 0 Å². The van der Waals surface area contributed by atoms with Crippen LogP contribution in [0.2, 0.25) is 0 Å². The molecule has 3 heteroatoms. The Bertz CT molecular complexity index is 103. The van der Waals surface area contributed by atoms with E-state index in [1.807, 2.05) is 0 Å². The summed E-state index contributed by atoms with van der Waals surface area (Å²) < 4.78 is 0. The number of hydrogen-bond acceptors (Lipinski definition) is 2. The van der Waals surface area contributed by atoms with Crippen LogP contribution in [0.25, 0.3) is 0 Å². The summed E-state index contributed by atoms with van der Waals surface area (Å²) in [7, 11) is 5.36. The lowest BCUT2D eigenvalue weighted by atomic mass is 10.1. The summed E-state index contributed by atoms with van der Waals surface area (Å²) in [6, 6.07) is 0. The van der Waals surface area contributed by atoms with Crippen LogP contribution in [0.3, 0.4) is 0 Å². The highest BCUT2D eigenvalue weighted by Crippen LogP contribution is 2.39. The van der Waals surface area contributed by atoms with Crippen LogP contribution in [0.1, 0.15) is 32.1 Å². The molecule has 1 rings (SSSR count). The van der Waals surface area contributed by atoms with E-state index < -0.39 is 0 Å². The quantitative estimate of drug-likeness (QED) is 0.378. The summed E-state index contributed by atoms with van der Waals surface area (Å²) in [4.78, 5) is 0. The predicted molar refractivity (Wildman–Crippen MR) is 66.0 cm³/mol. The normalized spacial score (nSPS) is 24.2. The molecular weight excluding hydrogens is 203 g/mol. The van der Waals surface area contributed by atoms with Crippen molar-refractivity contribution in [2.75, 3.05) is 18.6 Å². The average Bonchev–Trinajstić information content (AvgIpc) is 2.57. The summed E-state index contributed by atoms with van der Waals surface area (Å²) >= 11 is 0. The number of unbranched alkanes of at least 4 members (excludes halogenated alkanes) is 2. The van der Waals surface area contributed by atoms with Gasteiger partial charge in [0.15, 0.2) is 0 Å². The Morgan fingerprint density at radius 2 is 2.25 bits per heavy atom. The molecule has 0 bridgehead atoms. The van der Waals surface area contributed by atoms with Gasteiger partial charge in [-0.1, -0.05) is 34.4 Å². The molecule has 0 aromatic carbocycles. The molecular formula is C9H19PS2. The Kier molecular flexibility index (Phi) is 7.03.